The Morgan fingerprint density at radius 2 is 2.19 bits per heavy atom. The van der Waals surface area contributed by atoms with E-state index < -0.39 is 5.97 Å². The average Bonchev–Trinajstić information content (AvgIpc) is 2.99. The van der Waals surface area contributed by atoms with E-state index in [1.165, 1.54) is 0 Å². The Bertz CT molecular complexity index is 635. The summed E-state index contributed by atoms with van der Waals surface area (Å²) in [4.78, 5) is 16.1. The molecule has 0 aliphatic heterocycles. The van der Waals surface area contributed by atoms with Crippen molar-refractivity contribution in [2.45, 2.75) is 33.2 Å². The molecule has 0 aliphatic rings. The number of aromatic nitrogens is 5. The molecule has 0 aliphatic carbocycles. The monoisotopic (exact) mass is 311 g/mol. The number of imidazole rings is 1. The van der Waals surface area contributed by atoms with Gasteiger partial charge in [0.15, 0.2) is 5.69 Å². The molecule has 0 saturated heterocycles. The SMILES string of the molecule is CCCc1c(C(=O)OCC)nnn1Cc1ncc(Cl)n1C. The Morgan fingerprint density at radius 3 is 2.76 bits per heavy atom. The molecule has 21 heavy (non-hydrogen) atoms. The molecule has 0 bridgehead atoms. The van der Waals surface area contributed by atoms with Gasteiger partial charge in [-0.2, -0.15) is 0 Å². The zero-order valence-electron chi connectivity index (χ0n) is 12.3. The molecular weight excluding hydrogens is 294 g/mol. The van der Waals surface area contributed by atoms with E-state index in [0.717, 1.165) is 17.9 Å². The number of rotatable bonds is 6. The highest BCUT2D eigenvalue weighted by atomic mass is 35.5. The van der Waals surface area contributed by atoms with Crippen LogP contribution in [-0.4, -0.2) is 37.1 Å². The molecule has 2 aromatic rings. The predicted molar refractivity (Wildman–Crippen MR) is 77.3 cm³/mol. The van der Waals surface area contributed by atoms with Crippen LogP contribution in [0.15, 0.2) is 6.20 Å². The standard InChI is InChI=1S/C13H18ClN5O2/c1-4-6-9-12(13(20)21-5-2)16-17-19(9)8-11-15-7-10(14)18(11)3/h7H,4-6,8H2,1-3H3. The van der Waals surface area contributed by atoms with Crippen molar-refractivity contribution in [3.05, 3.63) is 28.6 Å². The molecule has 0 aromatic carbocycles. The van der Waals surface area contributed by atoms with Crippen LogP contribution in [0.1, 0.15) is 42.3 Å². The van der Waals surface area contributed by atoms with Crippen molar-refractivity contribution >= 4 is 17.6 Å². The maximum atomic E-state index is 11.9. The summed E-state index contributed by atoms with van der Waals surface area (Å²) in [6, 6.07) is 0. The quantitative estimate of drug-likeness (QED) is 0.761. The van der Waals surface area contributed by atoms with Crippen LogP contribution in [0.4, 0.5) is 0 Å². The van der Waals surface area contributed by atoms with Crippen LogP contribution in [0.25, 0.3) is 0 Å². The Balaban J connectivity index is 2.31. The van der Waals surface area contributed by atoms with Gasteiger partial charge in [-0.3, -0.25) is 0 Å². The first kappa shape index (κ1) is 15.5. The number of nitrogens with zero attached hydrogens (tertiary/aromatic N) is 5. The molecule has 0 radical (unpaired) electrons. The van der Waals surface area contributed by atoms with Crippen LogP contribution in [-0.2, 0) is 24.8 Å². The number of carbonyl (C=O) groups excluding carboxylic acids is 1. The Labute approximate surface area is 127 Å². The van der Waals surface area contributed by atoms with Gasteiger partial charge in [-0.15, -0.1) is 5.10 Å². The lowest BCUT2D eigenvalue weighted by atomic mass is 10.2. The van der Waals surface area contributed by atoms with Gasteiger partial charge in [0.2, 0.25) is 0 Å². The normalized spacial score (nSPS) is 10.9. The van der Waals surface area contributed by atoms with E-state index in [1.54, 1.807) is 22.4 Å². The van der Waals surface area contributed by atoms with Crippen molar-refractivity contribution in [1.29, 1.82) is 0 Å². The van der Waals surface area contributed by atoms with Crippen LogP contribution in [0.2, 0.25) is 5.15 Å². The van der Waals surface area contributed by atoms with E-state index in [9.17, 15) is 4.79 Å². The van der Waals surface area contributed by atoms with Gasteiger partial charge in [0.1, 0.15) is 17.5 Å². The van der Waals surface area contributed by atoms with E-state index in [-0.39, 0.29) is 5.69 Å². The summed E-state index contributed by atoms with van der Waals surface area (Å²) >= 11 is 5.97. The molecule has 8 heteroatoms. The molecule has 0 spiro atoms. The summed E-state index contributed by atoms with van der Waals surface area (Å²) in [5, 5.41) is 8.56. The Morgan fingerprint density at radius 1 is 1.43 bits per heavy atom. The summed E-state index contributed by atoms with van der Waals surface area (Å²) < 4.78 is 8.45. The second kappa shape index (κ2) is 6.71. The number of carbonyl (C=O) groups is 1. The van der Waals surface area contributed by atoms with E-state index in [0.29, 0.717) is 24.7 Å². The summed E-state index contributed by atoms with van der Waals surface area (Å²) in [6.45, 7) is 4.51. The number of ether oxygens (including phenoxy) is 1. The van der Waals surface area contributed by atoms with Crippen molar-refractivity contribution in [1.82, 2.24) is 24.5 Å². The maximum Gasteiger partial charge on any atom is 0.360 e. The molecule has 0 unspecified atom stereocenters. The van der Waals surface area contributed by atoms with E-state index >= 15 is 0 Å². The summed E-state index contributed by atoms with van der Waals surface area (Å²) in [7, 11) is 1.83. The fraction of sp³-hybridized carbons (Fsp3) is 0.538. The topological polar surface area (TPSA) is 74.8 Å². The number of hydrogen-bond donors (Lipinski definition) is 0. The average molecular weight is 312 g/mol. The van der Waals surface area contributed by atoms with Gasteiger partial charge >= 0.3 is 5.97 Å². The molecule has 2 rings (SSSR count). The van der Waals surface area contributed by atoms with Crippen molar-refractivity contribution < 1.29 is 9.53 Å². The van der Waals surface area contributed by atoms with Crippen molar-refractivity contribution in [2.75, 3.05) is 6.61 Å². The van der Waals surface area contributed by atoms with Gasteiger partial charge in [0.25, 0.3) is 0 Å². The number of halogens is 1. The third-order valence-electron chi connectivity index (χ3n) is 3.11. The van der Waals surface area contributed by atoms with Gasteiger partial charge < -0.3 is 9.30 Å². The molecule has 0 amide bonds. The van der Waals surface area contributed by atoms with Crippen LogP contribution < -0.4 is 0 Å². The van der Waals surface area contributed by atoms with Crippen molar-refractivity contribution in [3.63, 3.8) is 0 Å². The second-order valence-electron chi connectivity index (χ2n) is 4.57. The third kappa shape index (κ3) is 3.24. The van der Waals surface area contributed by atoms with Gasteiger partial charge in [-0.25, -0.2) is 14.5 Å². The van der Waals surface area contributed by atoms with Gasteiger partial charge in [-0.05, 0) is 13.3 Å². The summed E-state index contributed by atoms with van der Waals surface area (Å²) in [5.41, 5.74) is 1.04. The van der Waals surface area contributed by atoms with E-state index in [1.807, 2.05) is 14.0 Å². The largest absolute Gasteiger partial charge is 0.461 e. The number of hydrogen-bond acceptors (Lipinski definition) is 5. The molecule has 0 N–H and O–H groups in total. The fourth-order valence-corrected chi connectivity index (χ4v) is 2.15. The Kier molecular flexibility index (Phi) is 4.95. The van der Waals surface area contributed by atoms with E-state index in [2.05, 4.69) is 15.3 Å². The maximum absolute atomic E-state index is 11.9. The van der Waals surface area contributed by atoms with Crippen molar-refractivity contribution in [2.24, 2.45) is 7.05 Å². The summed E-state index contributed by atoms with van der Waals surface area (Å²) in [6.07, 6.45) is 3.15. The minimum Gasteiger partial charge on any atom is -0.461 e. The fourth-order valence-electron chi connectivity index (χ4n) is 2.01. The first-order valence-electron chi connectivity index (χ1n) is 6.84. The molecule has 0 saturated carbocycles. The van der Waals surface area contributed by atoms with Crippen LogP contribution in [0.5, 0.6) is 0 Å². The molecule has 0 atom stereocenters. The summed E-state index contributed by atoms with van der Waals surface area (Å²) in [5.74, 6) is 0.308. The van der Waals surface area contributed by atoms with Crippen LogP contribution in [0.3, 0.4) is 0 Å². The molecular formula is C13H18ClN5O2. The molecule has 2 aromatic heterocycles. The molecule has 0 fully saturated rings. The highest BCUT2D eigenvalue weighted by Gasteiger charge is 2.21. The Hall–Kier alpha value is -1.89. The molecule has 7 nitrogen and oxygen atoms in total. The van der Waals surface area contributed by atoms with Crippen molar-refractivity contribution in [3.8, 4) is 0 Å². The smallest absolute Gasteiger partial charge is 0.360 e. The van der Waals surface area contributed by atoms with Crippen LogP contribution >= 0.6 is 11.6 Å². The second-order valence-corrected chi connectivity index (χ2v) is 4.96. The lowest BCUT2D eigenvalue weighted by molar-refractivity contribution is 0.0518. The molecule has 2 heterocycles. The lowest BCUT2D eigenvalue weighted by Crippen LogP contribution is -2.13. The third-order valence-corrected chi connectivity index (χ3v) is 3.46. The van der Waals surface area contributed by atoms with E-state index in [4.69, 9.17) is 16.3 Å². The zero-order valence-corrected chi connectivity index (χ0v) is 13.1. The highest BCUT2D eigenvalue weighted by Crippen LogP contribution is 2.14. The highest BCUT2D eigenvalue weighted by molar-refractivity contribution is 6.29. The predicted octanol–water partition coefficient (Wildman–Crippen LogP) is 1.84. The van der Waals surface area contributed by atoms with Gasteiger partial charge in [0.05, 0.1) is 18.5 Å². The lowest BCUT2D eigenvalue weighted by Gasteiger charge is -2.07. The van der Waals surface area contributed by atoms with Gasteiger partial charge in [-0.1, -0.05) is 30.2 Å². The number of esters is 1. The van der Waals surface area contributed by atoms with Gasteiger partial charge in [0, 0.05) is 7.05 Å². The minimum absolute atomic E-state index is 0.277. The first-order valence-corrected chi connectivity index (χ1v) is 7.21. The minimum atomic E-state index is -0.440. The molecule has 114 valence electrons. The first-order chi connectivity index (χ1) is 10.1. The zero-order chi connectivity index (χ0) is 15.4. The van der Waals surface area contributed by atoms with Crippen LogP contribution in [0, 0.1) is 0 Å².